The number of carbonyl (C=O) groups excluding carboxylic acids is 5. The number of hydrogen-bond donors (Lipinski definition) is 6. The van der Waals surface area contributed by atoms with E-state index in [1.54, 1.807) is 19.1 Å². The van der Waals surface area contributed by atoms with E-state index in [1.807, 2.05) is 58.9 Å². The predicted octanol–water partition coefficient (Wildman–Crippen LogP) is 2.86. The molecule has 4 amide bonds. The average Bonchev–Trinajstić information content (AvgIpc) is 0.850. The van der Waals surface area contributed by atoms with Crippen LogP contribution in [0.4, 0.5) is 5.69 Å². The molecule has 0 saturated carbocycles. The summed E-state index contributed by atoms with van der Waals surface area (Å²) in [7, 11) is -9.74. The monoisotopic (exact) mass is 1560 g/mol. The molecule has 1 unspecified atom stereocenters. The SMILES string of the molecule is CCOCCOCCOCCOCCOCCOCCOCCOCCOCCOCCOCCOCCNC(=O)[C@H](CSC1CC(=O)N(CCNS(=O)(=O)c2ccc(-c3c4ccc(=[N+](CC)CC)cc-4oc4cc(N(CC)CC)ccc34)c(S(=O)(=O)O)c2)C1=O)CC(=O)[C@H](CC(=O)O)NC(=O)[C@@H](N)CC. The second-order valence-electron chi connectivity index (χ2n) is 23.9. The number of rotatable bonds is 61. The predicted molar refractivity (Wildman–Crippen MR) is 395 cm³/mol. The van der Waals surface area contributed by atoms with Crippen molar-refractivity contribution in [2.45, 2.75) is 94.4 Å². The molecule has 4 atom stereocenters. The fourth-order valence-corrected chi connectivity index (χ4v) is 14.0. The molecule has 2 heterocycles. The minimum atomic E-state index is -5.13. The summed E-state index contributed by atoms with van der Waals surface area (Å²) in [6, 6.07) is 11.7. The normalized spacial score (nSPS) is 14.3. The van der Waals surface area contributed by atoms with Crippen LogP contribution in [0.3, 0.4) is 0 Å². The minimum Gasteiger partial charge on any atom is -0.481 e. The number of nitrogens with one attached hydrogen (secondary N) is 3. The van der Waals surface area contributed by atoms with E-state index in [-0.39, 0.29) is 57.1 Å². The molecule has 1 fully saturated rings. The minimum absolute atomic E-state index is 0.00659. The van der Waals surface area contributed by atoms with Gasteiger partial charge in [0.15, 0.2) is 5.78 Å². The number of aliphatic carboxylic acids is 1. The maximum absolute atomic E-state index is 14.0. The van der Waals surface area contributed by atoms with Crippen molar-refractivity contribution in [1.82, 2.24) is 24.8 Å². The van der Waals surface area contributed by atoms with Gasteiger partial charge in [-0.1, -0.05) is 13.0 Å². The van der Waals surface area contributed by atoms with Crippen LogP contribution in [0.15, 0.2) is 68.8 Å². The van der Waals surface area contributed by atoms with E-state index in [1.165, 1.54) is 12.1 Å². The van der Waals surface area contributed by atoms with Gasteiger partial charge < -0.3 is 87.6 Å². The summed E-state index contributed by atoms with van der Waals surface area (Å²) < 4.78 is 142. The first kappa shape index (κ1) is 90.4. The van der Waals surface area contributed by atoms with E-state index in [2.05, 4.69) is 24.8 Å². The van der Waals surface area contributed by atoms with Gasteiger partial charge in [0.1, 0.15) is 29.3 Å². The summed E-state index contributed by atoms with van der Waals surface area (Å²) in [5, 5.41) is 15.0. The molecule has 0 bridgehead atoms. The highest BCUT2D eigenvalue weighted by molar-refractivity contribution is 8.00. The number of imide groups is 1. The first-order valence-corrected chi connectivity index (χ1v) is 40.0. The molecule has 3 aliphatic rings. The number of Topliss-reactive ketones (excluding diaryl/α,β-unsaturated/α-hetero) is 1. The number of benzene rings is 3. The zero-order valence-corrected chi connectivity index (χ0v) is 64.3. The molecule has 2 aliphatic heterocycles. The van der Waals surface area contributed by atoms with Gasteiger partial charge in [-0.3, -0.25) is 38.2 Å². The number of ketones is 1. The van der Waals surface area contributed by atoms with Gasteiger partial charge in [-0.05, 0) is 71.4 Å². The van der Waals surface area contributed by atoms with E-state index in [0.717, 1.165) is 33.8 Å². The highest BCUT2D eigenvalue weighted by atomic mass is 32.2. The van der Waals surface area contributed by atoms with Crippen molar-refractivity contribution in [2.75, 3.05) is 215 Å². The highest BCUT2D eigenvalue weighted by Gasteiger charge is 2.40. The number of hydrogen-bond acceptors (Lipinski definition) is 26. The van der Waals surface area contributed by atoms with Crippen LogP contribution in [0.2, 0.25) is 0 Å². The first-order chi connectivity index (χ1) is 51.1. The number of ether oxygens (including phenoxy) is 12. The van der Waals surface area contributed by atoms with Crippen LogP contribution in [-0.2, 0) is 106 Å². The average molecular weight is 1560 g/mol. The van der Waals surface area contributed by atoms with Crippen molar-refractivity contribution in [3.8, 4) is 22.5 Å². The number of fused-ring (bicyclic) bond motifs is 2. The van der Waals surface area contributed by atoms with E-state index < -0.39 is 114 Å². The molecule has 7 N–H and O–H groups in total. The van der Waals surface area contributed by atoms with Crippen LogP contribution < -0.4 is 35.9 Å². The number of carboxylic acid groups (broad SMARTS) is 1. The standard InChI is InChI=1S/C71H109N7O25S3/c1-7-59(72)70(84)75-60(49-67(81)82)61(79)45-52(69(83)73-20-22-92-25-26-94-29-30-96-33-34-98-37-38-100-41-42-102-44-43-101-40-39-99-36-35-97-32-31-95-28-27-93-24-23-91-12-6)51-104-64-50-66(80)78(71(64)85)21-19-74-105(86,87)55-15-18-58(65(48-55)106(88,89)90)68-56-16-13-53(76(8-2)9-3)46-62(56)103-63-47-54(14-17-57(63)68)77(10-4)11-5/h13-18,46-48,52,59-60,64,74H,7-12,19-45,49-51,72H2,1-6H3,(H3-,73,75,81,82,83,84,88,89,90)/p+1/t52-,59-,60-,64?/m0/s1. The third kappa shape index (κ3) is 31.8. The highest BCUT2D eigenvalue weighted by Crippen LogP contribution is 2.43. The summed E-state index contributed by atoms with van der Waals surface area (Å²) in [6.07, 6.45) is -1.58. The summed E-state index contributed by atoms with van der Waals surface area (Å²) in [6.45, 7) is 23.1. The van der Waals surface area contributed by atoms with Crippen molar-refractivity contribution in [3.05, 3.63) is 60.0 Å². The summed E-state index contributed by atoms with van der Waals surface area (Å²) in [4.78, 5) is 81.2. The molecule has 0 spiro atoms. The fourth-order valence-electron chi connectivity index (χ4n) is 10.9. The van der Waals surface area contributed by atoms with Crippen LogP contribution in [0, 0.1) is 5.92 Å². The molecule has 1 aliphatic carbocycles. The number of amides is 4. The van der Waals surface area contributed by atoms with Crippen molar-refractivity contribution in [2.24, 2.45) is 11.7 Å². The van der Waals surface area contributed by atoms with Crippen LogP contribution in [-0.4, -0.2) is 294 Å². The summed E-state index contributed by atoms with van der Waals surface area (Å²) >= 11 is 0.883. The molecule has 5 rings (SSSR count). The third-order valence-electron chi connectivity index (χ3n) is 16.6. The van der Waals surface area contributed by atoms with Crippen LogP contribution in [0.5, 0.6) is 0 Å². The number of sulfonamides is 1. The van der Waals surface area contributed by atoms with Crippen LogP contribution in [0.25, 0.3) is 33.4 Å². The second kappa shape index (κ2) is 50.5. The Labute approximate surface area is 625 Å². The topological polar surface area (TPSA) is 407 Å². The molecule has 32 nitrogen and oxygen atoms in total. The molecule has 2 aromatic carbocycles. The molecule has 0 aromatic heterocycles. The van der Waals surface area contributed by atoms with Gasteiger partial charge in [-0.15, -0.1) is 11.8 Å². The van der Waals surface area contributed by atoms with E-state index >= 15 is 0 Å². The lowest BCUT2D eigenvalue weighted by Crippen LogP contribution is -2.49. The van der Waals surface area contributed by atoms with E-state index in [4.69, 9.17) is 67.0 Å². The largest absolute Gasteiger partial charge is 0.481 e. The van der Waals surface area contributed by atoms with Gasteiger partial charge in [-0.2, -0.15) is 8.42 Å². The van der Waals surface area contributed by atoms with E-state index in [0.29, 0.717) is 186 Å². The maximum Gasteiger partial charge on any atom is 0.305 e. The molecule has 1 saturated heterocycles. The van der Waals surface area contributed by atoms with Gasteiger partial charge in [-0.25, -0.2) is 17.7 Å². The Balaban J connectivity index is 1.03. The Bertz CT molecular complexity index is 3600. The smallest absolute Gasteiger partial charge is 0.305 e. The third-order valence-corrected chi connectivity index (χ3v) is 20.3. The number of anilines is 1. The lowest BCUT2D eigenvalue weighted by Gasteiger charge is -2.22. The molecular weight excluding hydrogens is 1450 g/mol. The number of carbonyl (C=O) groups is 6. The maximum atomic E-state index is 14.0. The van der Waals surface area contributed by atoms with Crippen molar-refractivity contribution in [3.63, 3.8) is 0 Å². The van der Waals surface area contributed by atoms with Crippen LogP contribution >= 0.6 is 11.8 Å². The molecule has 106 heavy (non-hydrogen) atoms. The number of carboxylic acids is 1. The van der Waals surface area contributed by atoms with Crippen molar-refractivity contribution >= 4 is 83.9 Å². The van der Waals surface area contributed by atoms with Gasteiger partial charge in [0.2, 0.25) is 39.0 Å². The molecule has 35 heteroatoms. The van der Waals surface area contributed by atoms with E-state index in [9.17, 15) is 55.3 Å². The lowest BCUT2D eigenvalue weighted by molar-refractivity contribution is -0.141. The summed E-state index contributed by atoms with van der Waals surface area (Å²) in [5.41, 5.74) is 7.96. The molecule has 596 valence electrons. The summed E-state index contributed by atoms with van der Waals surface area (Å²) in [5.74, 6) is -6.10. The Morgan fingerprint density at radius 3 is 1.60 bits per heavy atom. The van der Waals surface area contributed by atoms with Gasteiger partial charge in [0, 0.05) is 97.8 Å². The molecular formula is C71H110N7O25S3+. The first-order valence-electron chi connectivity index (χ1n) is 36.0. The zero-order chi connectivity index (χ0) is 77.1. The number of thioether (sulfide) groups is 1. The number of nitrogens with zero attached hydrogens (tertiary/aromatic N) is 3. The van der Waals surface area contributed by atoms with Crippen LogP contribution in [0.1, 0.15) is 67.2 Å². The second-order valence-corrected chi connectivity index (χ2v) is 28.3. The van der Waals surface area contributed by atoms with Crippen molar-refractivity contribution in [1.29, 1.82) is 0 Å². The number of nitrogens with two attached hydrogens (primary N) is 1. The molecule has 0 radical (unpaired) electrons. The Kier molecular flexibility index (Phi) is 43.1. The van der Waals surface area contributed by atoms with Crippen molar-refractivity contribution < 1.29 is 117 Å². The van der Waals surface area contributed by atoms with Gasteiger partial charge in [0.05, 0.1) is 193 Å². The quantitative estimate of drug-likeness (QED) is 0.0122. The fraction of sp³-hybridized carbons (Fsp3) is 0.648. The zero-order valence-electron chi connectivity index (χ0n) is 61.9. The van der Waals surface area contributed by atoms with Gasteiger partial charge in [0.25, 0.3) is 10.1 Å². The molecule has 2 aromatic rings. The van der Waals surface area contributed by atoms with Gasteiger partial charge >= 0.3 is 5.97 Å². The number of likely N-dealkylation sites (tertiary alicyclic amines) is 1. The lowest BCUT2D eigenvalue weighted by atomic mass is 9.93. The Morgan fingerprint density at radius 2 is 1.13 bits per heavy atom. The Morgan fingerprint density at radius 1 is 0.632 bits per heavy atom. The Hall–Kier alpha value is -6.20.